The SMILES string of the molecule is Cc1ccc(OCc2nc(CC(=O)NC(C)c3nc4ccccc4[nH]3)cs2)cc1. The Morgan fingerprint density at radius 3 is 2.76 bits per heavy atom. The first-order chi connectivity index (χ1) is 14.1. The monoisotopic (exact) mass is 406 g/mol. The maximum atomic E-state index is 12.4. The van der Waals surface area contributed by atoms with Crippen molar-refractivity contribution in [3.8, 4) is 5.75 Å². The predicted molar refractivity (Wildman–Crippen MR) is 114 cm³/mol. The van der Waals surface area contributed by atoms with Crippen LogP contribution in [0.1, 0.15) is 35.1 Å². The largest absolute Gasteiger partial charge is 0.486 e. The molecule has 0 bridgehead atoms. The van der Waals surface area contributed by atoms with Crippen molar-refractivity contribution >= 4 is 28.3 Å². The minimum Gasteiger partial charge on any atom is -0.486 e. The van der Waals surface area contributed by atoms with Crippen LogP contribution in [0.25, 0.3) is 11.0 Å². The van der Waals surface area contributed by atoms with Gasteiger partial charge in [-0.15, -0.1) is 11.3 Å². The average Bonchev–Trinajstić information content (AvgIpc) is 3.34. The summed E-state index contributed by atoms with van der Waals surface area (Å²) < 4.78 is 5.75. The van der Waals surface area contributed by atoms with Crippen molar-refractivity contribution in [2.24, 2.45) is 0 Å². The van der Waals surface area contributed by atoms with Gasteiger partial charge < -0.3 is 15.0 Å². The smallest absolute Gasteiger partial charge is 0.226 e. The number of hydrogen-bond acceptors (Lipinski definition) is 5. The molecule has 4 aromatic rings. The molecule has 0 fully saturated rings. The summed E-state index contributed by atoms with van der Waals surface area (Å²) in [6, 6.07) is 15.5. The van der Waals surface area contributed by atoms with E-state index in [9.17, 15) is 4.79 Å². The maximum absolute atomic E-state index is 12.4. The normalized spacial score (nSPS) is 12.1. The van der Waals surface area contributed by atoms with Gasteiger partial charge in [0.05, 0.1) is 29.2 Å². The van der Waals surface area contributed by atoms with Crippen LogP contribution in [0.2, 0.25) is 0 Å². The van der Waals surface area contributed by atoms with Gasteiger partial charge in [-0.05, 0) is 38.1 Å². The zero-order chi connectivity index (χ0) is 20.2. The standard InChI is InChI=1S/C22H22N4O2S/c1-14-7-9-17(10-8-14)28-12-21-24-16(13-29-21)11-20(27)23-15(2)22-25-18-5-3-4-6-19(18)26-22/h3-10,13,15H,11-12H2,1-2H3,(H,23,27)(H,25,26). The predicted octanol–water partition coefficient (Wildman–Crippen LogP) is 4.33. The quantitative estimate of drug-likeness (QED) is 0.479. The van der Waals surface area contributed by atoms with E-state index < -0.39 is 0 Å². The third kappa shape index (κ3) is 4.81. The number of aromatic nitrogens is 3. The highest BCUT2D eigenvalue weighted by Crippen LogP contribution is 2.18. The molecule has 2 N–H and O–H groups in total. The Balaban J connectivity index is 1.30. The van der Waals surface area contributed by atoms with E-state index in [1.165, 1.54) is 16.9 Å². The van der Waals surface area contributed by atoms with Crippen LogP contribution in [0.3, 0.4) is 0 Å². The fourth-order valence-corrected chi connectivity index (χ4v) is 3.68. The van der Waals surface area contributed by atoms with Gasteiger partial charge in [0.15, 0.2) is 0 Å². The summed E-state index contributed by atoms with van der Waals surface area (Å²) >= 11 is 1.50. The third-order valence-corrected chi connectivity index (χ3v) is 5.39. The molecule has 0 aliphatic rings. The molecule has 0 saturated heterocycles. The van der Waals surface area contributed by atoms with Gasteiger partial charge in [-0.1, -0.05) is 29.8 Å². The molecule has 0 radical (unpaired) electrons. The average molecular weight is 407 g/mol. The molecule has 1 atom stereocenters. The molecule has 29 heavy (non-hydrogen) atoms. The van der Waals surface area contributed by atoms with Crippen LogP contribution in [-0.4, -0.2) is 20.9 Å². The Labute approximate surface area is 173 Å². The molecule has 4 rings (SSSR count). The van der Waals surface area contributed by atoms with Gasteiger partial charge in [-0.2, -0.15) is 0 Å². The second-order valence-electron chi connectivity index (χ2n) is 6.94. The third-order valence-electron chi connectivity index (χ3n) is 4.52. The number of carbonyl (C=O) groups excluding carboxylic acids is 1. The van der Waals surface area contributed by atoms with Gasteiger partial charge in [0.1, 0.15) is 23.2 Å². The molecule has 1 amide bonds. The Kier molecular flexibility index (Phi) is 5.57. The molecule has 0 aliphatic heterocycles. The number of amides is 1. The van der Waals surface area contributed by atoms with Crippen molar-refractivity contribution in [1.82, 2.24) is 20.3 Å². The van der Waals surface area contributed by atoms with Gasteiger partial charge in [-0.3, -0.25) is 4.79 Å². The second kappa shape index (κ2) is 8.45. The maximum Gasteiger partial charge on any atom is 0.226 e. The number of para-hydroxylation sites is 2. The lowest BCUT2D eigenvalue weighted by molar-refractivity contribution is -0.121. The van der Waals surface area contributed by atoms with Gasteiger partial charge in [0, 0.05) is 5.38 Å². The molecule has 0 spiro atoms. The summed E-state index contributed by atoms with van der Waals surface area (Å²) in [6.07, 6.45) is 0.228. The molecule has 1 unspecified atom stereocenters. The van der Waals surface area contributed by atoms with Crippen molar-refractivity contribution in [3.63, 3.8) is 0 Å². The van der Waals surface area contributed by atoms with E-state index in [0.29, 0.717) is 6.61 Å². The van der Waals surface area contributed by atoms with Gasteiger partial charge >= 0.3 is 0 Å². The zero-order valence-corrected chi connectivity index (χ0v) is 17.1. The first-order valence-corrected chi connectivity index (χ1v) is 10.3. The van der Waals surface area contributed by atoms with Crippen molar-refractivity contribution in [2.45, 2.75) is 32.9 Å². The Morgan fingerprint density at radius 2 is 1.97 bits per heavy atom. The Morgan fingerprint density at radius 1 is 1.17 bits per heavy atom. The molecule has 148 valence electrons. The summed E-state index contributed by atoms with van der Waals surface area (Å²) in [7, 11) is 0. The van der Waals surface area contributed by atoms with Crippen molar-refractivity contribution in [3.05, 3.63) is 76.0 Å². The summed E-state index contributed by atoms with van der Waals surface area (Å²) in [5, 5.41) is 5.73. The van der Waals surface area contributed by atoms with E-state index in [1.807, 2.05) is 67.8 Å². The number of benzene rings is 2. The van der Waals surface area contributed by atoms with E-state index >= 15 is 0 Å². The molecular formula is C22H22N4O2S. The highest BCUT2D eigenvalue weighted by atomic mass is 32.1. The molecule has 2 aromatic carbocycles. The number of nitrogens with one attached hydrogen (secondary N) is 2. The number of H-pyrrole nitrogens is 1. The van der Waals surface area contributed by atoms with Crippen molar-refractivity contribution in [1.29, 1.82) is 0 Å². The van der Waals surface area contributed by atoms with E-state index in [1.54, 1.807) is 0 Å². The van der Waals surface area contributed by atoms with Crippen LogP contribution in [0.4, 0.5) is 0 Å². The molecule has 6 nitrogen and oxygen atoms in total. The van der Waals surface area contributed by atoms with Crippen LogP contribution in [0, 0.1) is 6.92 Å². The fraction of sp³-hybridized carbons (Fsp3) is 0.227. The summed E-state index contributed by atoms with van der Waals surface area (Å²) in [5.74, 6) is 1.46. The van der Waals surface area contributed by atoms with E-state index in [2.05, 4.69) is 20.3 Å². The molecular weight excluding hydrogens is 384 g/mol. The molecule has 7 heteroatoms. The minimum atomic E-state index is -0.210. The number of rotatable bonds is 7. The first-order valence-electron chi connectivity index (χ1n) is 9.43. The number of thiazole rings is 1. The van der Waals surface area contributed by atoms with Crippen LogP contribution in [-0.2, 0) is 17.8 Å². The highest BCUT2D eigenvalue weighted by molar-refractivity contribution is 7.09. The number of ether oxygens (including phenoxy) is 1. The minimum absolute atomic E-state index is 0.0886. The van der Waals surface area contributed by atoms with Gasteiger partial charge in [0.25, 0.3) is 0 Å². The lowest BCUT2D eigenvalue weighted by Gasteiger charge is -2.10. The number of nitrogens with zero attached hydrogens (tertiary/aromatic N) is 2. The van der Waals surface area contributed by atoms with Gasteiger partial charge in [-0.25, -0.2) is 9.97 Å². The van der Waals surface area contributed by atoms with Crippen molar-refractivity contribution < 1.29 is 9.53 Å². The summed E-state index contributed by atoms with van der Waals surface area (Å²) in [5.41, 5.74) is 3.78. The van der Waals surface area contributed by atoms with E-state index in [-0.39, 0.29) is 18.4 Å². The van der Waals surface area contributed by atoms with E-state index in [0.717, 1.165) is 33.3 Å². The lowest BCUT2D eigenvalue weighted by Crippen LogP contribution is -2.28. The topological polar surface area (TPSA) is 79.9 Å². The first kappa shape index (κ1) is 19.1. The summed E-state index contributed by atoms with van der Waals surface area (Å²) in [4.78, 5) is 24.7. The number of hydrogen-bond donors (Lipinski definition) is 2. The van der Waals surface area contributed by atoms with E-state index in [4.69, 9.17) is 4.74 Å². The molecule has 0 aliphatic carbocycles. The fourth-order valence-electron chi connectivity index (χ4n) is 2.98. The molecule has 2 heterocycles. The number of aromatic amines is 1. The Hall–Kier alpha value is -3.19. The number of fused-ring (bicyclic) bond motifs is 1. The van der Waals surface area contributed by atoms with Crippen LogP contribution in [0.15, 0.2) is 53.9 Å². The van der Waals surface area contributed by atoms with Crippen LogP contribution < -0.4 is 10.1 Å². The van der Waals surface area contributed by atoms with Crippen LogP contribution >= 0.6 is 11.3 Å². The second-order valence-corrected chi connectivity index (χ2v) is 7.88. The number of carbonyl (C=O) groups is 1. The molecule has 0 saturated carbocycles. The highest BCUT2D eigenvalue weighted by Gasteiger charge is 2.15. The number of aryl methyl sites for hydroxylation is 1. The zero-order valence-electron chi connectivity index (χ0n) is 16.3. The summed E-state index contributed by atoms with van der Waals surface area (Å²) in [6.45, 7) is 4.35. The van der Waals surface area contributed by atoms with Gasteiger partial charge in [0.2, 0.25) is 5.91 Å². The lowest BCUT2D eigenvalue weighted by atomic mass is 10.2. The molecule has 2 aromatic heterocycles. The number of imidazole rings is 1. The van der Waals surface area contributed by atoms with Crippen molar-refractivity contribution in [2.75, 3.05) is 0 Å². The van der Waals surface area contributed by atoms with Crippen LogP contribution in [0.5, 0.6) is 5.75 Å². The Bertz CT molecular complexity index is 1080.